The summed E-state index contributed by atoms with van der Waals surface area (Å²) in [6, 6.07) is 0.840. The van der Waals surface area contributed by atoms with E-state index in [1.165, 1.54) is 19.3 Å². The molecule has 0 aromatic carbocycles. The lowest BCUT2D eigenvalue weighted by Gasteiger charge is -2.40. The van der Waals surface area contributed by atoms with Crippen molar-refractivity contribution in [1.29, 1.82) is 0 Å². The molecule has 0 bridgehead atoms. The smallest absolute Gasteiger partial charge is 0.304 e. The van der Waals surface area contributed by atoms with Gasteiger partial charge in [0.1, 0.15) is 0 Å². The quantitative estimate of drug-likeness (QED) is 0.709. The summed E-state index contributed by atoms with van der Waals surface area (Å²) < 4.78 is 0. The van der Waals surface area contributed by atoms with E-state index in [1.54, 1.807) is 0 Å². The largest absolute Gasteiger partial charge is 0.481 e. The van der Waals surface area contributed by atoms with E-state index in [4.69, 9.17) is 5.11 Å². The molecule has 3 nitrogen and oxygen atoms in total. The fraction of sp³-hybridized carbons (Fsp3) is 0.900. The van der Waals surface area contributed by atoms with Gasteiger partial charge in [-0.25, -0.2) is 0 Å². The molecule has 1 fully saturated rings. The van der Waals surface area contributed by atoms with Crippen LogP contribution < -0.4 is 0 Å². The fourth-order valence-electron chi connectivity index (χ4n) is 2.02. The van der Waals surface area contributed by atoms with Crippen molar-refractivity contribution in [3.63, 3.8) is 0 Å². The minimum Gasteiger partial charge on any atom is -0.481 e. The van der Waals surface area contributed by atoms with Crippen LogP contribution in [0.5, 0.6) is 0 Å². The summed E-state index contributed by atoms with van der Waals surface area (Å²) in [5.74, 6) is -0.690. The molecule has 0 amide bonds. The van der Waals surface area contributed by atoms with Gasteiger partial charge < -0.3 is 5.11 Å². The second kappa shape index (κ2) is 4.61. The van der Waals surface area contributed by atoms with Crippen LogP contribution >= 0.6 is 0 Å². The van der Waals surface area contributed by atoms with Gasteiger partial charge in [0.05, 0.1) is 6.42 Å². The third-order valence-corrected chi connectivity index (χ3v) is 2.95. The van der Waals surface area contributed by atoms with Crippen LogP contribution in [0, 0.1) is 0 Å². The molecule has 1 atom stereocenters. The summed E-state index contributed by atoms with van der Waals surface area (Å²) >= 11 is 0. The number of hydrogen-bond donors (Lipinski definition) is 1. The molecule has 1 aliphatic carbocycles. The first kappa shape index (κ1) is 10.5. The number of rotatable bonds is 5. The van der Waals surface area contributed by atoms with Gasteiger partial charge in [-0.2, -0.15) is 0 Å². The summed E-state index contributed by atoms with van der Waals surface area (Å²) in [7, 11) is 0. The third kappa shape index (κ3) is 2.69. The zero-order valence-corrected chi connectivity index (χ0v) is 8.49. The molecule has 1 saturated carbocycles. The molecule has 0 spiro atoms. The van der Waals surface area contributed by atoms with E-state index in [0.717, 1.165) is 6.54 Å². The first-order valence-corrected chi connectivity index (χ1v) is 5.12. The number of aliphatic carboxylic acids is 1. The van der Waals surface area contributed by atoms with E-state index in [2.05, 4.69) is 11.8 Å². The molecule has 0 aromatic heterocycles. The van der Waals surface area contributed by atoms with Crippen LogP contribution in [0.2, 0.25) is 0 Å². The Labute approximate surface area is 79.7 Å². The highest BCUT2D eigenvalue weighted by Crippen LogP contribution is 2.26. The van der Waals surface area contributed by atoms with Gasteiger partial charge in [0.25, 0.3) is 0 Å². The number of carboxylic acids is 1. The Morgan fingerprint density at radius 3 is 2.54 bits per heavy atom. The van der Waals surface area contributed by atoms with Crippen molar-refractivity contribution in [2.45, 2.75) is 51.6 Å². The number of nitrogens with zero attached hydrogens (tertiary/aromatic N) is 1. The third-order valence-electron chi connectivity index (χ3n) is 2.95. The standard InChI is InChI=1S/C10H19NO2/c1-3-11(9-5-4-6-9)8(2)7-10(12)13/h8-9H,3-7H2,1-2H3,(H,12,13). The highest BCUT2D eigenvalue weighted by atomic mass is 16.4. The number of carboxylic acid groups (broad SMARTS) is 1. The second-order valence-electron chi connectivity index (χ2n) is 3.86. The molecule has 1 rings (SSSR count). The predicted octanol–water partition coefficient (Wildman–Crippen LogP) is 1.72. The maximum absolute atomic E-state index is 10.5. The average Bonchev–Trinajstić information content (AvgIpc) is 1.94. The molecule has 1 aliphatic rings. The molecular formula is C10H19NO2. The maximum Gasteiger partial charge on any atom is 0.304 e. The van der Waals surface area contributed by atoms with Crippen LogP contribution in [0.15, 0.2) is 0 Å². The molecule has 0 aliphatic heterocycles. The van der Waals surface area contributed by atoms with E-state index in [-0.39, 0.29) is 12.5 Å². The second-order valence-corrected chi connectivity index (χ2v) is 3.86. The van der Waals surface area contributed by atoms with E-state index in [9.17, 15) is 4.79 Å². The Morgan fingerprint density at radius 1 is 1.62 bits per heavy atom. The van der Waals surface area contributed by atoms with Crippen LogP contribution in [-0.2, 0) is 4.79 Å². The number of carbonyl (C=O) groups is 1. The Bertz CT molecular complexity index is 178. The Balaban J connectivity index is 2.39. The summed E-state index contributed by atoms with van der Waals surface area (Å²) in [4.78, 5) is 12.8. The highest BCUT2D eigenvalue weighted by Gasteiger charge is 2.27. The van der Waals surface area contributed by atoms with Gasteiger partial charge in [-0.1, -0.05) is 13.3 Å². The Kier molecular flexibility index (Phi) is 3.72. The molecule has 0 heterocycles. The SMILES string of the molecule is CCN(C(C)CC(=O)O)C1CCC1. The summed E-state index contributed by atoms with van der Waals surface area (Å²) in [6.07, 6.45) is 4.07. The van der Waals surface area contributed by atoms with Gasteiger partial charge in [-0.05, 0) is 26.3 Å². The summed E-state index contributed by atoms with van der Waals surface area (Å²) in [5, 5.41) is 8.67. The number of hydrogen-bond acceptors (Lipinski definition) is 2. The first-order valence-electron chi connectivity index (χ1n) is 5.12. The van der Waals surface area contributed by atoms with E-state index < -0.39 is 5.97 Å². The minimum absolute atomic E-state index is 0.188. The van der Waals surface area contributed by atoms with Gasteiger partial charge in [0.2, 0.25) is 0 Å². The van der Waals surface area contributed by atoms with E-state index >= 15 is 0 Å². The Hall–Kier alpha value is -0.570. The minimum atomic E-state index is -0.690. The first-order chi connectivity index (χ1) is 6.15. The molecule has 0 radical (unpaired) electrons. The Morgan fingerprint density at radius 2 is 2.23 bits per heavy atom. The topological polar surface area (TPSA) is 40.5 Å². The van der Waals surface area contributed by atoms with E-state index in [1.807, 2.05) is 6.92 Å². The lowest BCUT2D eigenvalue weighted by Crippen LogP contribution is -2.46. The van der Waals surface area contributed by atoms with Crippen molar-refractivity contribution < 1.29 is 9.90 Å². The highest BCUT2D eigenvalue weighted by molar-refractivity contribution is 5.67. The molecule has 1 N–H and O–H groups in total. The molecular weight excluding hydrogens is 166 g/mol. The van der Waals surface area contributed by atoms with Gasteiger partial charge in [0.15, 0.2) is 0 Å². The summed E-state index contributed by atoms with van der Waals surface area (Å²) in [5.41, 5.74) is 0. The molecule has 76 valence electrons. The summed E-state index contributed by atoms with van der Waals surface area (Å²) in [6.45, 7) is 5.09. The fourth-order valence-corrected chi connectivity index (χ4v) is 2.02. The van der Waals surface area contributed by atoms with Gasteiger partial charge >= 0.3 is 5.97 Å². The van der Waals surface area contributed by atoms with Crippen LogP contribution in [0.1, 0.15) is 39.5 Å². The van der Waals surface area contributed by atoms with Crippen LogP contribution in [-0.4, -0.2) is 34.6 Å². The van der Waals surface area contributed by atoms with Crippen molar-refractivity contribution in [3.8, 4) is 0 Å². The molecule has 3 heteroatoms. The molecule has 0 saturated heterocycles. The molecule has 13 heavy (non-hydrogen) atoms. The van der Waals surface area contributed by atoms with E-state index in [0.29, 0.717) is 6.04 Å². The predicted molar refractivity (Wildman–Crippen MR) is 51.7 cm³/mol. The van der Waals surface area contributed by atoms with Crippen LogP contribution in [0.3, 0.4) is 0 Å². The zero-order valence-electron chi connectivity index (χ0n) is 8.49. The van der Waals surface area contributed by atoms with Crippen molar-refractivity contribution in [2.24, 2.45) is 0 Å². The zero-order chi connectivity index (χ0) is 9.84. The van der Waals surface area contributed by atoms with Crippen LogP contribution in [0.25, 0.3) is 0 Å². The average molecular weight is 185 g/mol. The van der Waals surface area contributed by atoms with Crippen molar-refractivity contribution in [1.82, 2.24) is 4.90 Å². The molecule has 1 unspecified atom stereocenters. The lowest BCUT2D eigenvalue weighted by atomic mass is 9.90. The van der Waals surface area contributed by atoms with Crippen molar-refractivity contribution in [3.05, 3.63) is 0 Å². The lowest BCUT2D eigenvalue weighted by molar-refractivity contribution is -0.138. The normalized spacial score (nSPS) is 19.9. The molecule has 0 aromatic rings. The van der Waals surface area contributed by atoms with Gasteiger partial charge in [-0.15, -0.1) is 0 Å². The van der Waals surface area contributed by atoms with Gasteiger partial charge in [0, 0.05) is 12.1 Å². The van der Waals surface area contributed by atoms with Crippen LogP contribution in [0.4, 0.5) is 0 Å². The van der Waals surface area contributed by atoms with Crippen molar-refractivity contribution >= 4 is 5.97 Å². The van der Waals surface area contributed by atoms with Gasteiger partial charge in [-0.3, -0.25) is 9.69 Å². The van der Waals surface area contributed by atoms with Crippen molar-refractivity contribution in [2.75, 3.05) is 6.54 Å². The monoisotopic (exact) mass is 185 g/mol. The maximum atomic E-state index is 10.5.